The number of ether oxygens (including phenoxy) is 2. The van der Waals surface area contributed by atoms with Crippen LogP contribution in [0.25, 0.3) is 11.3 Å². The third-order valence-electron chi connectivity index (χ3n) is 9.87. The van der Waals surface area contributed by atoms with Crippen molar-refractivity contribution in [1.29, 1.82) is 0 Å². The number of aromatic nitrogens is 1. The lowest BCUT2D eigenvalue weighted by Crippen LogP contribution is -2.57. The zero-order valence-electron chi connectivity index (χ0n) is 24.7. The van der Waals surface area contributed by atoms with Crippen LogP contribution in [0.5, 0.6) is 11.5 Å². The molecule has 2 N–H and O–H groups in total. The van der Waals surface area contributed by atoms with Crippen LogP contribution >= 0.6 is 0 Å². The number of carbonyl (C=O) groups is 1. The van der Waals surface area contributed by atoms with Crippen molar-refractivity contribution in [2.24, 2.45) is 16.7 Å². The van der Waals surface area contributed by atoms with Gasteiger partial charge in [-0.25, -0.2) is 4.79 Å². The second-order valence-corrected chi connectivity index (χ2v) is 13.4. The summed E-state index contributed by atoms with van der Waals surface area (Å²) < 4.78 is 12.1. The molecule has 0 radical (unpaired) electrons. The molecule has 2 aromatic rings. The van der Waals surface area contributed by atoms with Gasteiger partial charge in [0.05, 0.1) is 13.7 Å². The van der Waals surface area contributed by atoms with Gasteiger partial charge >= 0.3 is 5.97 Å². The molecule has 3 aliphatic rings. The lowest BCUT2D eigenvalue weighted by Gasteiger charge is -2.52. The summed E-state index contributed by atoms with van der Waals surface area (Å²) in [6.07, 6.45) is 12.4. The van der Waals surface area contributed by atoms with Crippen LogP contribution in [0.1, 0.15) is 100 Å². The molecule has 7 nitrogen and oxygen atoms in total. The second-order valence-electron chi connectivity index (χ2n) is 13.4. The number of rotatable bonds is 12. The molecule has 2 aliphatic carbocycles. The molecule has 1 unspecified atom stereocenters. The van der Waals surface area contributed by atoms with Gasteiger partial charge < -0.3 is 24.5 Å². The van der Waals surface area contributed by atoms with E-state index in [1.165, 1.54) is 57.5 Å². The first kappa shape index (κ1) is 28.7. The van der Waals surface area contributed by atoms with E-state index < -0.39 is 11.4 Å². The number of aromatic carboxylic acids is 1. The number of nitrogens with one attached hydrogen (secondary N) is 1. The Morgan fingerprint density at radius 2 is 1.93 bits per heavy atom. The minimum atomic E-state index is -1.23. The molecule has 0 spiro atoms. The molecule has 40 heavy (non-hydrogen) atoms. The van der Waals surface area contributed by atoms with Crippen molar-refractivity contribution in [3.8, 4) is 22.8 Å². The third-order valence-corrected chi connectivity index (χ3v) is 9.87. The Bertz CT molecular complexity index is 1270. The van der Waals surface area contributed by atoms with Crippen LogP contribution in [0.2, 0.25) is 0 Å². The van der Waals surface area contributed by atoms with Crippen molar-refractivity contribution in [2.45, 2.75) is 84.5 Å². The Morgan fingerprint density at radius 3 is 2.50 bits per heavy atom. The second kappa shape index (κ2) is 11.6. The van der Waals surface area contributed by atoms with Crippen molar-refractivity contribution < 1.29 is 19.4 Å². The summed E-state index contributed by atoms with van der Waals surface area (Å²) in [5.74, 6) is 1.40. The molecule has 218 valence electrons. The lowest BCUT2D eigenvalue weighted by atomic mass is 9.66. The highest BCUT2D eigenvalue weighted by molar-refractivity contribution is 5.87. The minimum Gasteiger partial charge on any atom is -0.493 e. The first-order valence-electron chi connectivity index (χ1n) is 15.2. The van der Waals surface area contributed by atoms with Gasteiger partial charge in [-0.2, -0.15) is 0 Å². The number of pyridine rings is 1. The molecule has 7 heteroatoms. The molecule has 3 fully saturated rings. The van der Waals surface area contributed by atoms with Gasteiger partial charge in [-0.1, -0.05) is 40.0 Å². The van der Waals surface area contributed by atoms with Gasteiger partial charge in [0.2, 0.25) is 0 Å². The first-order valence-corrected chi connectivity index (χ1v) is 15.2. The smallest absolute Gasteiger partial charge is 0.341 e. The van der Waals surface area contributed by atoms with Crippen LogP contribution in [-0.2, 0) is 0 Å². The molecule has 2 saturated carbocycles. The Balaban J connectivity index is 1.29. The van der Waals surface area contributed by atoms with Gasteiger partial charge in [0.25, 0.3) is 0 Å². The van der Waals surface area contributed by atoms with E-state index in [-0.39, 0.29) is 11.0 Å². The van der Waals surface area contributed by atoms with Crippen molar-refractivity contribution >= 4 is 5.97 Å². The topological polar surface area (TPSA) is 91.9 Å². The fraction of sp³-hybridized carbons (Fsp3) is 0.636. The van der Waals surface area contributed by atoms with Gasteiger partial charge in [0.15, 0.2) is 16.9 Å². The zero-order valence-corrected chi connectivity index (χ0v) is 24.7. The fourth-order valence-electron chi connectivity index (χ4n) is 7.25. The van der Waals surface area contributed by atoms with E-state index in [9.17, 15) is 14.7 Å². The van der Waals surface area contributed by atoms with Gasteiger partial charge in [-0.05, 0) is 78.9 Å². The molecule has 1 aromatic carbocycles. The van der Waals surface area contributed by atoms with Crippen LogP contribution < -0.4 is 14.9 Å². The fourth-order valence-corrected chi connectivity index (χ4v) is 7.25. The Kier molecular flexibility index (Phi) is 8.32. The number of hydrogen-bond donors (Lipinski definition) is 2. The monoisotopic (exact) mass is 550 g/mol. The average molecular weight is 551 g/mol. The maximum atomic E-state index is 12.5. The molecule has 1 aliphatic heterocycles. The Labute approximate surface area is 238 Å². The molecule has 1 atom stereocenters. The van der Waals surface area contributed by atoms with E-state index >= 15 is 0 Å². The Hall–Kier alpha value is -2.80. The highest BCUT2D eigenvalue weighted by Gasteiger charge is 2.43. The highest BCUT2D eigenvalue weighted by atomic mass is 16.5. The van der Waals surface area contributed by atoms with E-state index in [0.29, 0.717) is 29.4 Å². The van der Waals surface area contributed by atoms with Crippen LogP contribution in [-0.4, -0.2) is 54.3 Å². The first-order chi connectivity index (χ1) is 19.1. The summed E-state index contributed by atoms with van der Waals surface area (Å²) in [6.45, 7) is 11.1. The molecule has 0 amide bonds. The van der Waals surface area contributed by atoms with E-state index in [4.69, 9.17) is 9.47 Å². The maximum absolute atomic E-state index is 12.5. The number of H-pyrrole nitrogens is 1. The van der Waals surface area contributed by atoms with E-state index in [0.717, 1.165) is 55.0 Å². The Morgan fingerprint density at radius 1 is 1.15 bits per heavy atom. The SMILES string of the molecule is CCC1(CC2CCC2)CN(CCCOc2cc(C3CCC(C)(C)C3)c(-c3cc(=O)c(C(=O)O)c[nH]3)cc2OC)C1. The number of aromatic amines is 1. The summed E-state index contributed by atoms with van der Waals surface area (Å²) in [5, 5.41) is 9.31. The van der Waals surface area contributed by atoms with Crippen molar-refractivity contribution in [3.63, 3.8) is 0 Å². The normalized spacial score (nSPS) is 21.9. The number of benzene rings is 1. The summed E-state index contributed by atoms with van der Waals surface area (Å²) in [4.78, 5) is 29.6. The van der Waals surface area contributed by atoms with Gasteiger partial charge in [0.1, 0.15) is 5.56 Å². The van der Waals surface area contributed by atoms with Crippen LogP contribution in [0.15, 0.2) is 29.2 Å². The number of hydrogen-bond acceptors (Lipinski definition) is 5. The van der Waals surface area contributed by atoms with Crippen molar-refractivity contribution in [3.05, 3.63) is 45.7 Å². The molecule has 1 aromatic heterocycles. The van der Waals surface area contributed by atoms with Crippen LogP contribution in [0, 0.1) is 16.7 Å². The van der Waals surface area contributed by atoms with Gasteiger partial charge in [-0.15, -0.1) is 0 Å². The summed E-state index contributed by atoms with van der Waals surface area (Å²) >= 11 is 0. The number of carboxylic acid groups (broad SMARTS) is 1. The zero-order chi connectivity index (χ0) is 28.5. The largest absolute Gasteiger partial charge is 0.493 e. The summed E-state index contributed by atoms with van der Waals surface area (Å²) in [6, 6.07) is 5.41. The van der Waals surface area contributed by atoms with Gasteiger partial charge in [0, 0.05) is 43.2 Å². The molecule has 1 saturated heterocycles. The quantitative estimate of drug-likeness (QED) is 0.285. The standard InChI is InChI=1S/C33H46N2O5/c1-5-33(17-22-8-6-9-22)20-35(21-33)12-7-13-40-30-14-24(23-10-11-32(2,3)18-23)25(15-29(30)39-4)27-16-28(36)26(19-34-27)31(37)38/h14-16,19,22-23H,5-13,17-18,20-21H2,1-4H3,(H,34,36)(H,37,38). The number of likely N-dealkylation sites (tertiary alicyclic amines) is 1. The third kappa shape index (κ3) is 6.09. The molecular formula is C33H46N2O5. The number of carboxylic acids is 1. The van der Waals surface area contributed by atoms with E-state index in [1.54, 1.807) is 7.11 Å². The summed E-state index contributed by atoms with van der Waals surface area (Å²) in [5.41, 5.74) is 2.59. The average Bonchev–Trinajstić information content (AvgIpc) is 3.24. The van der Waals surface area contributed by atoms with Crippen LogP contribution in [0.3, 0.4) is 0 Å². The number of methoxy groups -OCH3 is 1. The number of nitrogens with zero attached hydrogens (tertiary/aromatic N) is 1. The maximum Gasteiger partial charge on any atom is 0.341 e. The minimum absolute atomic E-state index is 0.243. The van der Waals surface area contributed by atoms with Crippen LogP contribution in [0.4, 0.5) is 0 Å². The molecule has 2 heterocycles. The van der Waals surface area contributed by atoms with Crippen molar-refractivity contribution in [1.82, 2.24) is 9.88 Å². The summed E-state index contributed by atoms with van der Waals surface area (Å²) in [7, 11) is 1.63. The molecule has 5 rings (SSSR count). The lowest BCUT2D eigenvalue weighted by molar-refractivity contribution is -0.0321. The van der Waals surface area contributed by atoms with Gasteiger partial charge in [-0.3, -0.25) is 4.79 Å². The highest BCUT2D eigenvalue weighted by Crippen LogP contribution is 2.50. The predicted molar refractivity (Wildman–Crippen MR) is 158 cm³/mol. The predicted octanol–water partition coefficient (Wildman–Crippen LogP) is 6.71. The molecular weight excluding hydrogens is 504 g/mol. The van der Waals surface area contributed by atoms with E-state index in [2.05, 4.69) is 36.7 Å². The molecule has 0 bridgehead atoms. The van der Waals surface area contributed by atoms with Crippen molar-refractivity contribution in [2.75, 3.05) is 33.4 Å². The van der Waals surface area contributed by atoms with E-state index in [1.807, 2.05) is 6.07 Å².